The Hall–Kier alpha value is -2.60. The third-order valence-corrected chi connectivity index (χ3v) is 39.4. The summed E-state index contributed by atoms with van der Waals surface area (Å²) >= 11 is 0. The number of hydrogen-bond acceptors (Lipinski definition) is 0. The van der Waals surface area contributed by atoms with E-state index >= 15 is 0 Å². The summed E-state index contributed by atoms with van der Waals surface area (Å²) in [6.45, 7) is 36.3. The van der Waals surface area contributed by atoms with Gasteiger partial charge in [-0.25, -0.2) is 0 Å². The quantitative estimate of drug-likeness (QED) is 0.0479. The van der Waals surface area contributed by atoms with Crippen molar-refractivity contribution in [3.05, 3.63) is 123 Å². The highest BCUT2D eigenvalue weighted by molar-refractivity contribution is 4.99. The minimum atomic E-state index is 0. The largest absolute Gasteiger partial charge is 0.103 e. The molecule has 0 aliphatic heterocycles. The molecule has 0 radical (unpaired) electrons. The summed E-state index contributed by atoms with van der Waals surface area (Å²) in [5, 5.41) is 0. The maximum atomic E-state index is 3.94. The molecule has 768 valence electrons. The van der Waals surface area contributed by atoms with Gasteiger partial charge in [-0.3, -0.25) is 0 Å². The van der Waals surface area contributed by atoms with E-state index in [1.165, 1.54) is 372 Å². The van der Waals surface area contributed by atoms with E-state index in [9.17, 15) is 0 Å². The summed E-state index contributed by atoms with van der Waals surface area (Å²) in [6, 6.07) is 0. The van der Waals surface area contributed by atoms with Crippen LogP contribution in [0.5, 0.6) is 0 Å². The first-order chi connectivity index (χ1) is 63.3. The lowest BCUT2D eigenvalue weighted by Crippen LogP contribution is -2.25. The third kappa shape index (κ3) is 43.1. The minimum absolute atomic E-state index is 0. The van der Waals surface area contributed by atoms with Crippen LogP contribution in [0.4, 0.5) is 0 Å². The lowest BCUT2D eigenvalue weighted by Gasteiger charge is -2.37. The van der Waals surface area contributed by atoms with E-state index in [1.807, 2.05) is 0 Å². The van der Waals surface area contributed by atoms with Crippen LogP contribution in [0, 0.1) is 166 Å². The fraction of sp³-hybridized carbons (Fsp3) is 0.845. The van der Waals surface area contributed by atoms with Crippen molar-refractivity contribution in [2.45, 2.75) is 526 Å². The molecule has 14 saturated carbocycles. The summed E-state index contributed by atoms with van der Waals surface area (Å²) in [7, 11) is 0. The number of unbranched alkanes of at least 4 members (excludes halogenated alkanes) is 3. The van der Waals surface area contributed by atoms with Crippen LogP contribution in [0.25, 0.3) is 0 Å². The van der Waals surface area contributed by atoms with Gasteiger partial charge in [-0.05, 0) is 548 Å². The second kappa shape index (κ2) is 68.4. The highest BCUT2D eigenvalue weighted by Crippen LogP contribution is 2.51. The number of allylic oxidation sites excluding steroid dienone is 17. The molecule has 0 amide bonds. The van der Waals surface area contributed by atoms with Crippen LogP contribution >= 0.6 is 0 Å². The zero-order chi connectivity index (χ0) is 91.7. The van der Waals surface area contributed by atoms with E-state index in [0.29, 0.717) is 0 Å². The van der Waals surface area contributed by atoms with E-state index in [4.69, 9.17) is 0 Å². The maximum absolute atomic E-state index is 3.94. The molecule has 0 heteroatoms. The van der Waals surface area contributed by atoms with Gasteiger partial charge in [0.2, 0.25) is 0 Å². The minimum Gasteiger partial charge on any atom is -0.103 e. The highest BCUT2D eigenvalue weighted by atomic mass is 14.4. The molecule has 0 saturated heterocycles. The third-order valence-electron chi connectivity index (χ3n) is 39.4. The van der Waals surface area contributed by atoms with E-state index in [0.717, 1.165) is 166 Å². The molecule has 0 aromatic carbocycles. The molecule has 0 unspecified atom stereocenters. The Morgan fingerprint density at radius 2 is 0.357 bits per heavy atom. The Morgan fingerprint density at radius 3 is 0.535 bits per heavy atom. The molecule has 0 heterocycles. The lowest BCUT2D eigenvalue weighted by molar-refractivity contribution is 0.143. The van der Waals surface area contributed by atoms with Crippen molar-refractivity contribution >= 4 is 0 Å². The molecule has 0 aromatic rings. The second-order valence-corrected chi connectivity index (χ2v) is 47.6. The summed E-state index contributed by atoms with van der Waals surface area (Å²) in [5.74, 6) is 28.4. The van der Waals surface area contributed by atoms with Gasteiger partial charge < -0.3 is 0 Å². The van der Waals surface area contributed by atoms with Crippen LogP contribution in [-0.4, -0.2) is 0 Å². The molecule has 14 aliphatic carbocycles. The van der Waals surface area contributed by atoms with E-state index in [2.05, 4.69) is 199 Å². The molecule has 129 heavy (non-hydrogen) atoms. The zero-order valence-electron chi connectivity index (χ0n) is 88.6. The summed E-state index contributed by atoms with van der Waals surface area (Å²) in [6.07, 6.45) is 143. The average Bonchev–Trinajstić information content (AvgIpc) is 0.887. The van der Waals surface area contributed by atoms with Crippen molar-refractivity contribution < 1.29 is 20.0 Å². The Bertz CT molecular complexity index is 2890. The second-order valence-electron chi connectivity index (χ2n) is 47.6. The average molecular weight is 1800 g/mol. The molecule has 0 atom stereocenters. The van der Waals surface area contributed by atoms with Crippen LogP contribution in [-0.2, 0) is 0 Å². The van der Waals surface area contributed by atoms with Crippen molar-refractivity contribution in [2.24, 2.45) is 166 Å². The molecule has 14 aliphatic rings. The molecule has 14 fully saturated rings. The van der Waals surface area contributed by atoms with Crippen molar-refractivity contribution in [1.82, 2.24) is 0 Å². The molecule has 0 N–H and O–H groups in total. The van der Waals surface area contributed by atoms with E-state index in [-0.39, 0.29) is 20.0 Å². The van der Waals surface area contributed by atoms with Gasteiger partial charge in [0.25, 0.3) is 0 Å². The zero-order valence-corrected chi connectivity index (χ0v) is 88.6. The first-order valence-electron chi connectivity index (χ1n) is 59.5. The standard InChI is InChI=1S/C21H38.C20H36.C19H34.C18H32.C18H30.C17H28.C16H26.14H2/c1-3-5-7-9-19-12-16-21(17-13-19)20-14-10-18(11-15-20)8-6-4-2;1-3-5-7-17-9-13-19(14-10-17)20-15-11-18(12-16-20)8-6-4-2;1-3-5-7-17-10-14-19(15-11-17)18-12-8-16(6-4-2)9-13-18;1-3-5-6-16-9-13-18(14-10-16)17-11-7-15(4-2)8-12-17;1-3-5-15-7-11-17(12-8-15)18-13-9-16(6-4-2)10-14-18;1-3-5-15-8-12-17(13-9-15)16-10-6-14(4-2)7-11-16;1-3-13-5-9-15(10-6-13)16-11-7-14(4-2)8-12-16;;;;;;;;;;;;;;/h4,6,18-21H,3,5,7-17H2,1-2H3;3,5,17-20H,4,6-16H2,1-2H3;3,5,16-19H,4,6-15H2,1-2H3;3,5,15-18H,4,6-14H2,1-2H3;3-6,15-18H,7-14H2,1-2H3;3-5,14-17H,2,6-13H2,1H3;3-4,13-16H,1-2,5-12H2;14*1H/b6-4+;3*5-3+;5-3+,6-4+;5-3+;;;;;;;;;;;;;;;. The Morgan fingerprint density at radius 1 is 0.178 bits per heavy atom. The fourth-order valence-electron chi connectivity index (χ4n) is 30.2. The molecule has 0 spiro atoms. The predicted molar refractivity (Wildman–Crippen MR) is 607 cm³/mol. The molecule has 0 nitrogen and oxygen atoms in total. The monoisotopic (exact) mass is 1800 g/mol. The summed E-state index contributed by atoms with van der Waals surface area (Å²) in [5.41, 5.74) is 0. The van der Waals surface area contributed by atoms with Crippen LogP contribution < -0.4 is 0 Å². The topological polar surface area (TPSA) is 0 Å². The number of rotatable bonds is 31. The van der Waals surface area contributed by atoms with Crippen molar-refractivity contribution in [1.29, 1.82) is 0 Å². The first-order valence-corrected chi connectivity index (χ1v) is 59.5. The smallest absolute Gasteiger partial charge is 0 e. The molecule has 14 rings (SSSR count). The van der Waals surface area contributed by atoms with Gasteiger partial charge in [-0.15, -0.1) is 19.7 Å². The van der Waals surface area contributed by atoms with E-state index < -0.39 is 0 Å². The van der Waals surface area contributed by atoms with Crippen LogP contribution in [0.1, 0.15) is 546 Å². The van der Waals surface area contributed by atoms with E-state index in [1.54, 1.807) is 77.0 Å². The van der Waals surface area contributed by atoms with Gasteiger partial charge >= 0.3 is 0 Å². The molecule has 0 bridgehead atoms. The molecular weight excluding hydrogens is 1550 g/mol. The van der Waals surface area contributed by atoms with Crippen LogP contribution in [0.15, 0.2) is 123 Å². The van der Waals surface area contributed by atoms with Gasteiger partial charge in [-0.1, -0.05) is 247 Å². The van der Waals surface area contributed by atoms with Crippen molar-refractivity contribution in [2.75, 3.05) is 0 Å². The van der Waals surface area contributed by atoms with Crippen LogP contribution in [0.2, 0.25) is 0 Å². The highest BCUT2D eigenvalue weighted by Gasteiger charge is 2.38. The predicted octanol–water partition coefficient (Wildman–Crippen LogP) is 45.8. The molecular formula is C129H252. The molecule has 0 aromatic heterocycles. The SMILES string of the molecule is C/C=C/C1CCC(C2CCC(/C=C/C)CC2)CC1.C/C=C/CC1CCC(C2CCC(CC)CC2)CC1.C/C=C/CC1CCC(C2CCC(CCC)CC2)CC1.C/C=C/CC1CCC(C2CCC(CCCC)CC2)CC1.C/C=C/CC1CCC(C2CCC(CCCCC)CC2)CC1.C=CC1CCC(C2CCC(/C=C/C)CC2)CC1.C=CC1CCC(C2CCC(C=C)CC2)CC1.[HH].[HH].[HH].[HH].[HH].[HH].[HH].[HH].[HH].[HH].[HH].[HH].[HH].[HH]. The van der Waals surface area contributed by atoms with Crippen molar-refractivity contribution in [3.8, 4) is 0 Å². The number of hydrogen-bond donors (Lipinski definition) is 0. The first kappa shape index (κ1) is 112. The van der Waals surface area contributed by atoms with Gasteiger partial charge in [-0.2, -0.15) is 0 Å². The summed E-state index contributed by atoms with van der Waals surface area (Å²) < 4.78 is 0. The Kier molecular flexibility index (Phi) is 59.3. The van der Waals surface area contributed by atoms with Gasteiger partial charge in [0.15, 0.2) is 0 Å². The van der Waals surface area contributed by atoms with Gasteiger partial charge in [0.05, 0.1) is 0 Å². The fourth-order valence-corrected chi connectivity index (χ4v) is 30.2. The maximum Gasteiger partial charge on any atom is 0 e. The van der Waals surface area contributed by atoms with Crippen molar-refractivity contribution in [3.63, 3.8) is 0 Å². The van der Waals surface area contributed by atoms with Gasteiger partial charge in [0, 0.05) is 20.0 Å². The lowest BCUT2D eigenvalue weighted by atomic mass is 9.68. The Balaban J connectivity index is -0.000000297. The Labute approximate surface area is 829 Å². The van der Waals surface area contributed by atoms with Gasteiger partial charge in [0.1, 0.15) is 0 Å². The van der Waals surface area contributed by atoms with Crippen LogP contribution in [0.3, 0.4) is 0 Å². The summed E-state index contributed by atoms with van der Waals surface area (Å²) in [4.78, 5) is 0. The normalized spacial score (nSPS) is 37.4.